The fourth-order valence-corrected chi connectivity index (χ4v) is 3.50. The lowest BCUT2D eigenvalue weighted by atomic mass is 9.86. The largest absolute Gasteiger partial charge is 0.490 e. The Morgan fingerprint density at radius 1 is 1.28 bits per heavy atom. The molecule has 0 saturated carbocycles. The second kappa shape index (κ2) is 5.10. The number of ether oxygens (including phenoxy) is 2. The maximum atomic E-state index is 5.95. The third-order valence-electron chi connectivity index (χ3n) is 3.75. The predicted molar refractivity (Wildman–Crippen MR) is 74.5 cm³/mol. The van der Waals surface area contributed by atoms with Crippen molar-refractivity contribution < 1.29 is 9.47 Å². The van der Waals surface area contributed by atoms with Crippen LogP contribution in [0.15, 0.2) is 10.5 Å². The number of hydrogen-bond acceptors (Lipinski definition) is 3. The van der Waals surface area contributed by atoms with Crippen LogP contribution in [-0.4, -0.2) is 20.3 Å². The summed E-state index contributed by atoms with van der Waals surface area (Å²) in [4.78, 5) is 0. The molecule has 2 aliphatic rings. The van der Waals surface area contributed by atoms with E-state index in [-0.39, 0.29) is 0 Å². The van der Waals surface area contributed by atoms with Crippen LogP contribution < -0.4 is 14.8 Å². The second-order valence-corrected chi connectivity index (χ2v) is 5.72. The Balaban J connectivity index is 2.16. The number of nitrogens with one attached hydrogen (secondary N) is 1. The van der Waals surface area contributed by atoms with Crippen LogP contribution >= 0.6 is 15.9 Å². The predicted octanol–water partition coefficient (Wildman–Crippen LogP) is 3.21. The van der Waals surface area contributed by atoms with Gasteiger partial charge in [-0.2, -0.15) is 0 Å². The van der Waals surface area contributed by atoms with E-state index in [0.29, 0.717) is 6.04 Å². The van der Waals surface area contributed by atoms with E-state index >= 15 is 0 Å². The molecule has 0 spiro atoms. The minimum atomic E-state index is 0.377. The molecule has 0 amide bonds. The van der Waals surface area contributed by atoms with Gasteiger partial charge in [-0.25, -0.2) is 0 Å². The number of halogens is 1. The Morgan fingerprint density at radius 2 is 2.11 bits per heavy atom. The smallest absolute Gasteiger partial charge is 0.166 e. The summed E-state index contributed by atoms with van der Waals surface area (Å²) >= 11 is 3.68. The molecule has 1 heterocycles. The van der Waals surface area contributed by atoms with Crippen molar-refractivity contribution in [1.29, 1.82) is 0 Å². The number of benzene rings is 1. The maximum absolute atomic E-state index is 5.95. The van der Waals surface area contributed by atoms with Gasteiger partial charge in [0.05, 0.1) is 13.2 Å². The highest BCUT2D eigenvalue weighted by atomic mass is 79.9. The Morgan fingerprint density at radius 3 is 2.94 bits per heavy atom. The molecule has 0 radical (unpaired) electrons. The molecule has 0 bridgehead atoms. The average Bonchev–Trinajstić information content (AvgIpc) is 2.63. The van der Waals surface area contributed by atoms with Crippen molar-refractivity contribution in [2.75, 3.05) is 20.3 Å². The summed E-state index contributed by atoms with van der Waals surface area (Å²) in [6.07, 6.45) is 4.45. The van der Waals surface area contributed by atoms with E-state index in [2.05, 4.69) is 27.3 Å². The molecule has 3 rings (SSSR count). The van der Waals surface area contributed by atoms with Gasteiger partial charge >= 0.3 is 0 Å². The van der Waals surface area contributed by atoms with Crippen LogP contribution in [0.4, 0.5) is 0 Å². The molecule has 0 aromatic heterocycles. The third kappa shape index (κ3) is 2.01. The molecule has 4 heteroatoms. The molecule has 1 atom stereocenters. The lowest BCUT2D eigenvalue weighted by molar-refractivity contribution is 0.294. The minimum Gasteiger partial charge on any atom is -0.490 e. The van der Waals surface area contributed by atoms with Crippen molar-refractivity contribution in [3.63, 3.8) is 0 Å². The highest BCUT2D eigenvalue weighted by Gasteiger charge is 2.28. The van der Waals surface area contributed by atoms with Crippen molar-refractivity contribution in [3.8, 4) is 11.5 Å². The minimum absolute atomic E-state index is 0.377. The van der Waals surface area contributed by atoms with E-state index in [1.165, 1.54) is 17.5 Å². The standard InChI is InChI=1S/C14H18BrNO2/c1-16-11-5-2-4-9-10(15)8-12-14(13(9)11)18-7-3-6-17-12/h8,11,16H,2-7H2,1H3. The Kier molecular flexibility index (Phi) is 3.48. The molecule has 98 valence electrons. The van der Waals surface area contributed by atoms with Gasteiger partial charge in [-0.1, -0.05) is 15.9 Å². The molecular formula is C14H18BrNO2. The zero-order valence-corrected chi connectivity index (χ0v) is 12.2. The van der Waals surface area contributed by atoms with Crippen LogP contribution in [0.3, 0.4) is 0 Å². The molecule has 1 aliphatic carbocycles. The molecular weight excluding hydrogens is 294 g/mol. The van der Waals surface area contributed by atoms with Crippen molar-refractivity contribution in [1.82, 2.24) is 5.32 Å². The first-order chi connectivity index (χ1) is 8.81. The fraction of sp³-hybridized carbons (Fsp3) is 0.571. The summed E-state index contributed by atoms with van der Waals surface area (Å²) in [5, 5.41) is 3.40. The molecule has 1 aromatic rings. The summed E-state index contributed by atoms with van der Waals surface area (Å²) in [6, 6.07) is 2.44. The molecule has 1 N–H and O–H groups in total. The van der Waals surface area contributed by atoms with Gasteiger partial charge in [0.1, 0.15) is 0 Å². The van der Waals surface area contributed by atoms with Gasteiger partial charge in [-0.15, -0.1) is 0 Å². The topological polar surface area (TPSA) is 30.5 Å². The van der Waals surface area contributed by atoms with Gasteiger partial charge in [0.25, 0.3) is 0 Å². The van der Waals surface area contributed by atoms with E-state index < -0.39 is 0 Å². The first-order valence-corrected chi connectivity index (χ1v) is 7.38. The first-order valence-electron chi connectivity index (χ1n) is 6.59. The zero-order chi connectivity index (χ0) is 12.5. The Hall–Kier alpha value is -0.740. The highest BCUT2D eigenvalue weighted by molar-refractivity contribution is 9.10. The monoisotopic (exact) mass is 311 g/mol. The summed E-state index contributed by atoms with van der Waals surface area (Å²) in [7, 11) is 2.02. The molecule has 18 heavy (non-hydrogen) atoms. The van der Waals surface area contributed by atoms with Crippen LogP contribution in [0.5, 0.6) is 11.5 Å². The quantitative estimate of drug-likeness (QED) is 0.864. The Labute approximate surface area is 116 Å². The molecule has 1 aromatic carbocycles. The molecule has 3 nitrogen and oxygen atoms in total. The molecule has 1 unspecified atom stereocenters. The molecule has 0 saturated heterocycles. The van der Waals surface area contributed by atoms with E-state index in [4.69, 9.17) is 9.47 Å². The SMILES string of the molecule is CNC1CCCc2c(Br)cc3c(c21)OCCCO3. The van der Waals surface area contributed by atoms with Crippen molar-refractivity contribution >= 4 is 15.9 Å². The van der Waals surface area contributed by atoms with Gasteiger partial charge < -0.3 is 14.8 Å². The normalized spacial score (nSPS) is 22.2. The van der Waals surface area contributed by atoms with Gasteiger partial charge in [-0.3, -0.25) is 0 Å². The van der Waals surface area contributed by atoms with Crippen molar-refractivity contribution in [3.05, 3.63) is 21.7 Å². The zero-order valence-electron chi connectivity index (χ0n) is 10.6. The van der Waals surface area contributed by atoms with Gasteiger partial charge in [0, 0.05) is 22.5 Å². The van der Waals surface area contributed by atoms with Gasteiger partial charge in [-0.05, 0) is 37.9 Å². The summed E-state index contributed by atoms with van der Waals surface area (Å²) in [5.41, 5.74) is 2.68. The van der Waals surface area contributed by atoms with E-state index in [0.717, 1.165) is 48.4 Å². The fourth-order valence-electron chi connectivity index (χ4n) is 2.88. The first kappa shape index (κ1) is 12.3. The summed E-state index contributed by atoms with van der Waals surface area (Å²) in [5.74, 6) is 1.85. The van der Waals surface area contributed by atoms with Crippen LogP contribution in [-0.2, 0) is 6.42 Å². The number of fused-ring (bicyclic) bond motifs is 3. The molecule has 0 fully saturated rings. The van der Waals surface area contributed by atoms with Crippen molar-refractivity contribution in [2.45, 2.75) is 31.7 Å². The van der Waals surface area contributed by atoms with Crippen LogP contribution in [0.1, 0.15) is 36.4 Å². The van der Waals surface area contributed by atoms with Crippen LogP contribution in [0, 0.1) is 0 Å². The lowest BCUT2D eigenvalue weighted by Crippen LogP contribution is -2.23. The van der Waals surface area contributed by atoms with Crippen LogP contribution in [0.25, 0.3) is 0 Å². The Bertz CT molecular complexity index is 462. The van der Waals surface area contributed by atoms with E-state index in [9.17, 15) is 0 Å². The van der Waals surface area contributed by atoms with Crippen LogP contribution in [0.2, 0.25) is 0 Å². The summed E-state index contributed by atoms with van der Waals surface area (Å²) < 4.78 is 12.9. The highest BCUT2D eigenvalue weighted by Crippen LogP contribution is 2.46. The van der Waals surface area contributed by atoms with E-state index in [1.807, 2.05) is 7.05 Å². The number of rotatable bonds is 1. The van der Waals surface area contributed by atoms with Gasteiger partial charge in [0.2, 0.25) is 0 Å². The number of hydrogen-bond donors (Lipinski definition) is 1. The van der Waals surface area contributed by atoms with Crippen molar-refractivity contribution in [2.24, 2.45) is 0 Å². The average molecular weight is 312 g/mol. The van der Waals surface area contributed by atoms with E-state index in [1.54, 1.807) is 0 Å². The maximum Gasteiger partial charge on any atom is 0.166 e. The second-order valence-electron chi connectivity index (χ2n) is 4.86. The third-order valence-corrected chi connectivity index (χ3v) is 4.46. The lowest BCUT2D eigenvalue weighted by Gasteiger charge is -2.29. The summed E-state index contributed by atoms with van der Waals surface area (Å²) in [6.45, 7) is 1.49. The molecule has 1 aliphatic heterocycles. The van der Waals surface area contributed by atoms with Gasteiger partial charge in [0.15, 0.2) is 11.5 Å².